The molecule has 1 nitrogen and oxygen atoms in total. The van der Waals surface area contributed by atoms with Crippen molar-refractivity contribution in [2.45, 2.75) is 0 Å². The Morgan fingerprint density at radius 2 is 0.824 bits per heavy atom. The third-order valence-electron chi connectivity index (χ3n) is 8.51. The van der Waals surface area contributed by atoms with Crippen LogP contribution in [0.2, 0.25) is 0 Å². The van der Waals surface area contributed by atoms with Gasteiger partial charge in [-0.15, -0.1) is 0 Å². The van der Waals surface area contributed by atoms with Crippen molar-refractivity contribution in [3.63, 3.8) is 0 Å². The van der Waals surface area contributed by atoms with Crippen LogP contribution >= 0.6 is 0 Å². The Bertz CT molecular complexity index is 4840. The van der Waals surface area contributed by atoms with Crippen molar-refractivity contribution in [1.82, 2.24) is 0 Å². The van der Waals surface area contributed by atoms with Crippen molar-refractivity contribution in [3.8, 4) is 33.4 Å². The van der Waals surface area contributed by atoms with Gasteiger partial charge in [0.25, 0.3) is 0 Å². The van der Waals surface area contributed by atoms with Gasteiger partial charge < -0.3 is 4.42 Å². The summed E-state index contributed by atoms with van der Waals surface area (Å²) in [5.74, 6) is 0. The van der Waals surface area contributed by atoms with Crippen LogP contribution < -0.4 is 0 Å². The first-order valence-electron chi connectivity index (χ1n) is 30.2. The first-order valence-corrected chi connectivity index (χ1v) is 15.2. The van der Waals surface area contributed by atoms with Crippen LogP contribution in [0.1, 0.15) is 41.1 Å². The summed E-state index contributed by atoms with van der Waals surface area (Å²) in [7, 11) is 0. The minimum absolute atomic E-state index is 0.384. The summed E-state index contributed by atoms with van der Waals surface area (Å²) in [4.78, 5) is 0. The Labute approximate surface area is 336 Å². The summed E-state index contributed by atoms with van der Waals surface area (Å²) < 4.78 is 278. The van der Waals surface area contributed by atoms with Crippen molar-refractivity contribution in [2.24, 2.45) is 0 Å². The second-order valence-electron chi connectivity index (χ2n) is 11.3. The molecule has 11 rings (SSSR count). The van der Waals surface area contributed by atoms with Crippen molar-refractivity contribution in [3.05, 3.63) is 181 Å². The molecule has 0 saturated carbocycles. The number of fused-ring (bicyclic) bond motifs is 9. The molecular weight excluding hydrogens is 617 g/mol. The molecule has 0 aliphatic rings. The maximum absolute atomic E-state index is 9.99. The van der Waals surface area contributed by atoms with Crippen molar-refractivity contribution >= 4 is 75.8 Å². The molecule has 0 atom stereocenters. The maximum atomic E-state index is 9.99. The summed E-state index contributed by atoms with van der Waals surface area (Å²) in [5, 5.41) is -7.73. The van der Waals surface area contributed by atoms with E-state index in [0.29, 0.717) is 0 Å². The van der Waals surface area contributed by atoms with Gasteiger partial charge in [-0.2, -0.15) is 0 Å². The quantitative estimate of drug-likeness (QED) is 0.170. The van der Waals surface area contributed by atoms with E-state index in [1.54, 1.807) is 0 Å². The molecule has 10 aromatic carbocycles. The lowest BCUT2D eigenvalue weighted by molar-refractivity contribution is 0.669. The van der Waals surface area contributed by atoms with Gasteiger partial charge in [-0.1, -0.05) is 151 Å². The van der Waals surface area contributed by atoms with E-state index in [9.17, 15) is 17.8 Å². The SMILES string of the molecule is [2H]c1c(-c2c([2H])c([2H])c3c([2H])c([2H])c(-c4c5c([2H])c([2H])c([2H])c([2H])c5c(-c5c([2H])c([2H])c([2H])c6c([2H])c([2H])c([2H])c([2H])c56)c5c([2H])c([2H])c([2H])c([2H])c45)c([2H])c3c2[2H])c([2H])c2c(oc3c([2H])c([2H])c4c([2H])c([2H])c([2H])c([2H])c4c32)c1[2H]. The number of rotatable bonds is 3. The van der Waals surface area contributed by atoms with Gasteiger partial charge in [-0.3, -0.25) is 0 Å². The van der Waals surface area contributed by atoms with Gasteiger partial charge in [0, 0.05) is 10.8 Å². The van der Waals surface area contributed by atoms with Gasteiger partial charge in [0.15, 0.2) is 0 Å². The van der Waals surface area contributed by atoms with Crippen LogP contribution in [0, 0.1) is 0 Å². The van der Waals surface area contributed by atoms with E-state index in [0.717, 1.165) is 0 Å². The summed E-state index contributed by atoms with van der Waals surface area (Å²) in [6.45, 7) is 0. The fraction of sp³-hybridized carbons (Fsp3) is 0. The van der Waals surface area contributed by atoms with E-state index < -0.39 is 285 Å². The Balaban J connectivity index is 1.38. The van der Waals surface area contributed by atoms with Crippen LogP contribution in [-0.4, -0.2) is 0 Å². The number of furan rings is 1. The second-order valence-corrected chi connectivity index (χ2v) is 11.3. The lowest BCUT2D eigenvalue weighted by Gasteiger charge is -2.19. The van der Waals surface area contributed by atoms with E-state index >= 15 is 0 Å². The lowest BCUT2D eigenvalue weighted by Crippen LogP contribution is -1.91. The van der Waals surface area contributed by atoms with Crippen LogP contribution in [0.3, 0.4) is 0 Å². The molecule has 0 aliphatic heterocycles. The molecule has 1 aromatic heterocycles. The van der Waals surface area contributed by atoms with Gasteiger partial charge in [0.05, 0.1) is 41.1 Å². The minimum atomic E-state index is -1.08. The third kappa shape index (κ3) is 4.28. The normalized spacial score (nSPS) is 20.2. The van der Waals surface area contributed by atoms with E-state index in [2.05, 4.69) is 0 Å². The molecular formula is C50H30O. The number of benzene rings is 10. The molecule has 11 aromatic rings. The molecule has 236 valence electrons. The highest BCUT2D eigenvalue weighted by atomic mass is 16.3. The van der Waals surface area contributed by atoms with Crippen LogP contribution in [0.15, 0.2) is 186 Å². The van der Waals surface area contributed by atoms with Crippen LogP contribution in [0.25, 0.3) is 109 Å². The highest BCUT2D eigenvalue weighted by molar-refractivity contribution is 6.24. The molecule has 1 heteroatoms. The standard InChI is InChI=1S/C50H30O/c1-3-13-38-32(10-1)12-9-19-40(38)49-43-17-7-5-15-41(43)48(42-16-6-8-18-44(42)49)36-23-21-31-20-22-34(28-37(31)29-36)35-25-26-46-45(30-35)50-39-14-4-2-11-33(39)24-27-47(50)51-46/h1-30H/i1D,2D,3D,4D,5D,6D,7D,8D,9D,10D,11D,12D,13D,14D,15D,16D,17D,18D,19D,20D,21D,22D,23D,24D,25D,26D,27D,28D,29D,30D. The summed E-state index contributed by atoms with van der Waals surface area (Å²) in [6.07, 6.45) is 0. The predicted octanol–water partition coefficient (Wildman–Crippen LogP) is 14.4. The first-order chi connectivity index (χ1) is 37.8. The van der Waals surface area contributed by atoms with Gasteiger partial charge in [-0.25, -0.2) is 0 Å². The minimum Gasteiger partial charge on any atom is -0.456 e. The fourth-order valence-electron chi connectivity index (χ4n) is 6.33. The van der Waals surface area contributed by atoms with Crippen molar-refractivity contribution < 1.29 is 45.5 Å². The molecule has 0 saturated heterocycles. The topological polar surface area (TPSA) is 13.1 Å². The average molecular weight is 677 g/mol. The molecule has 0 radical (unpaired) electrons. The Morgan fingerprint density at radius 1 is 0.314 bits per heavy atom. The van der Waals surface area contributed by atoms with E-state index in [1.165, 1.54) is 0 Å². The number of hydrogen-bond acceptors (Lipinski definition) is 1. The summed E-state index contributed by atoms with van der Waals surface area (Å²) in [6, 6.07) is -28.0. The largest absolute Gasteiger partial charge is 0.456 e. The molecule has 0 fully saturated rings. The average Bonchev–Trinajstić information content (AvgIpc) is 2.57. The molecule has 1 heterocycles. The molecule has 0 bridgehead atoms. The Kier molecular flexibility index (Phi) is 2.50. The molecule has 0 spiro atoms. The third-order valence-corrected chi connectivity index (χ3v) is 8.51. The van der Waals surface area contributed by atoms with Crippen LogP contribution in [0.5, 0.6) is 0 Å². The number of hydrogen-bond donors (Lipinski definition) is 0. The van der Waals surface area contributed by atoms with Gasteiger partial charge in [0.2, 0.25) is 0 Å². The first kappa shape index (κ1) is 11.7. The van der Waals surface area contributed by atoms with Gasteiger partial charge >= 0.3 is 0 Å². The van der Waals surface area contributed by atoms with Crippen molar-refractivity contribution in [2.75, 3.05) is 0 Å². The Hall–Kier alpha value is -6.70. The molecule has 0 N–H and O–H groups in total. The lowest BCUT2D eigenvalue weighted by atomic mass is 9.84. The molecule has 0 unspecified atom stereocenters. The van der Waals surface area contributed by atoms with Gasteiger partial charge in [-0.05, 0) is 117 Å². The zero-order valence-corrected chi connectivity index (χ0v) is 25.4. The zero-order valence-electron chi connectivity index (χ0n) is 55.4. The predicted molar refractivity (Wildman–Crippen MR) is 218 cm³/mol. The fourth-order valence-corrected chi connectivity index (χ4v) is 6.33. The van der Waals surface area contributed by atoms with Crippen LogP contribution in [0.4, 0.5) is 0 Å². The second kappa shape index (κ2) is 10.9. The van der Waals surface area contributed by atoms with Gasteiger partial charge in [0.1, 0.15) is 11.2 Å². The smallest absolute Gasteiger partial charge is 0.136 e. The maximum Gasteiger partial charge on any atom is 0.136 e. The van der Waals surface area contributed by atoms with Crippen molar-refractivity contribution in [1.29, 1.82) is 0 Å². The van der Waals surface area contributed by atoms with E-state index in [4.69, 9.17) is 27.7 Å². The zero-order chi connectivity index (χ0) is 59.6. The molecule has 0 aliphatic carbocycles. The van der Waals surface area contributed by atoms with E-state index in [1.807, 2.05) is 0 Å². The molecule has 0 amide bonds. The Morgan fingerprint density at radius 3 is 1.57 bits per heavy atom. The molecule has 51 heavy (non-hydrogen) atoms. The highest BCUT2D eigenvalue weighted by Crippen LogP contribution is 2.46. The van der Waals surface area contributed by atoms with Crippen LogP contribution in [-0.2, 0) is 0 Å². The highest BCUT2D eigenvalue weighted by Gasteiger charge is 2.18. The summed E-state index contributed by atoms with van der Waals surface area (Å²) >= 11 is 0. The monoisotopic (exact) mass is 676 g/mol. The van der Waals surface area contributed by atoms with E-state index in [-0.39, 0.29) is 5.39 Å². The summed E-state index contributed by atoms with van der Waals surface area (Å²) in [5.41, 5.74) is -5.91.